The van der Waals surface area contributed by atoms with E-state index in [1.54, 1.807) is 18.2 Å². The minimum Gasteiger partial charge on any atom is -0.445 e. The molecule has 0 spiro atoms. The van der Waals surface area contributed by atoms with E-state index >= 15 is 0 Å². The standard InChI is InChI=1S/C19H31N3O2/c1-4-7-16(5-2)15-24-19(23)20-17-8-6-9-18(14-17)22-12-10-21(3)11-13-22/h4-5,7,17-18H,1-2,6,8-15H2,3H3,(H,20,23)/b16-7+/t17-,18+/m1/s1. The Bertz CT molecular complexity index is 467. The first kappa shape index (κ1) is 18.7. The van der Waals surface area contributed by atoms with E-state index in [1.165, 1.54) is 6.42 Å². The number of ether oxygens (including phenoxy) is 1. The van der Waals surface area contributed by atoms with Gasteiger partial charge in [0.1, 0.15) is 6.61 Å². The molecule has 2 rings (SSSR count). The number of rotatable bonds is 6. The third-order valence-electron chi connectivity index (χ3n) is 4.99. The van der Waals surface area contributed by atoms with Gasteiger partial charge in [0.2, 0.25) is 0 Å². The fraction of sp³-hybridized carbons (Fsp3) is 0.632. The van der Waals surface area contributed by atoms with Crippen LogP contribution in [-0.2, 0) is 4.74 Å². The Morgan fingerprint density at radius 1 is 1.25 bits per heavy atom. The summed E-state index contributed by atoms with van der Waals surface area (Å²) in [6.45, 7) is 12.1. The van der Waals surface area contributed by atoms with E-state index < -0.39 is 0 Å². The summed E-state index contributed by atoms with van der Waals surface area (Å²) >= 11 is 0. The minimum atomic E-state index is -0.337. The number of hydrogen-bond donors (Lipinski definition) is 1. The first-order valence-corrected chi connectivity index (χ1v) is 8.92. The van der Waals surface area contributed by atoms with Crippen molar-refractivity contribution in [2.24, 2.45) is 0 Å². The number of alkyl carbamates (subject to hydrolysis) is 1. The maximum Gasteiger partial charge on any atom is 0.407 e. The van der Waals surface area contributed by atoms with Crippen LogP contribution >= 0.6 is 0 Å². The van der Waals surface area contributed by atoms with Crippen LogP contribution in [0.2, 0.25) is 0 Å². The van der Waals surface area contributed by atoms with E-state index in [9.17, 15) is 4.79 Å². The number of nitrogens with one attached hydrogen (secondary N) is 1. The highest BCUT2D eigenvalue weighted by molar-refractivity contribution is 5.67. The Balaban J connectivity index is 1.75. The number of likely N-dealkylation sites (N-methyl/N-ethyl adjacent to an activating group) is 1. The summed E-state index contributed by atoms with van der Waals surface area (Å²) in [5.41, 5.74) is 0.846. The molecule has 5 heteroatoms. The second-order valence-electron chi connectivity index (χ2n) is 6.76. The summed E-state index contributed by atoms with van der Waals surface area (Å²) in [7, 11) is 2.18. The van der Waals surface area contributed by atoms with Crippen molar-refractivity contribution in [2.45, 2.75) is 37.8 Å². The predicted octanol–water partition coefficient (Wildman–Crippen LogP) is 2.57. The third-order valence-corrected chi connectivity index (χ3v) is 4.99. The SMILES string of the molecule is C=C/C=C(\C=C)COC(=O)N[C@@H]1CCC[C@H](N2CCN(C)CC2)C1. The Kier molecular flexibility index (Phi) is 7.53. The van der Waals surface area contributed by atoms with Gasteiger partial charge >= 0.3 is 6.09 Å². The first-order chi connectivity index (χ1) is 11.6. The second kappa shape index (κ2) is 9.64. The van der Waals surface area contributed by atoms with E-state index in [2.05, 4.69) is 35.3 Å². The topological polar surface area (TPSA) is 44.8 Å². The van der Waals surface area contributed by atoms with Gasteiger partial charge in [-0.1, -0.05) is 31.4 Å². The van der Waals surface area contributed by atoms with E-state index in [-0.39, 0.29) is 18.7 Å². The van der Waals surface area contributed by atoms with Crippen LogP contribution in [-0.4, -0.2) is 67.8 Å². The van der Waals surface area contributed by atoms with E-state index in [0.29, 0.717) is 6.04 Å². The van der Waals surface area contributed by atoms with Crippen LogP contribution in [0.5, 0.6) is 0 Å². The van der Waals surface area contributed by atoms with Crippen LogP contribution in [0, 0.1) is 0 Å². The summed E-state index contributed by atoms with van der Waals surface area (Å²) in [5.74, 6) is 0. The molecule has 1 heterocycles. The molecule has 1 amide bonds. The van der Waals surface area contributed by atoms with Crippen LogP contribution in [0.4, 0.5) is 4.79 Å². The quantitative estimate of drug-likeness (QED) is 0.759. The molecular weight excluding hydrogens is 302 g/mol. The number of hydrogen-bond acceptors (Lipinski definition) is 4. The van der Waals surface area contributed by atoms with Crippen LogP contribution in [0.25, 0.3) is 0 Å². The third kappa shape index (κ3) is 5.80. The van der Waals surface area contributed by atoms with E-state index in [4.69, 9.17) is 4.74 Å². The van der Waals surface area contributed by atoms with Gasteiger partial charge in [0.15, 0.2) is 0 Å². The highest BCUT2D eigenvalue weighted by Crippen LogP contribution is 2.24. The largest absolute Gasteiger partial charge is 0.445 e. The molecule has 1 aliphatic carbocycles. The number of carbonyl (C=O) groups excluding carboxylic acids is 1. The van der Waals surface area contributed by atoms with Crippen molar-refractivity contribution in [1.82, 2.24) is 15.1 Å². The van der Waals surface area contributed by atoms with Crippen molar-refractivity contribution >= 4 is 6.09 Å². The lowest BCUT2D eigenvalue weighted by Crippen LogP contribution is -2.52. The average Bonchev–Trinajstić information content (AvgIpc) is 2.59. The zero-order valence-electron chi connectivity index (χ0n) is 14.9. The van der Waals surface area contributed by atoms with Gasteiger partial charge in [0.25, 0.3) is 0 Å². The first-order valence-electron chi connectivity index (χ1n) is 8.92. The Labute approximate surface area is 146 Å². The normalized spacial score (nSPS) is 26.6. The number of carbonyl (C=O) groups is 1. The summed E-state index contributed by atoms with van der Waals surface area (Å²) in [4.78, 5) is 17.0. The lowest BCUT2D eigenvalue weighted by atomic mass is 9.89. The van der Waals surface area contributed by atoms with Gasteiger partial charge in [-0.15, -0.1) is 0 Å². The summed E-state index contributed by atoms with van der Waals surface area (Å²) in [5, 5.41) is 3.03. The average molecular weight is 333 g/mol. The summed E-state index contributed by atoms with van der Waals surface area (Å²) in [6.07, 6.45) is 9.26. The molecule has 2 aliphatic rings. The maximum absolute atomic E-state index is 12.0. The van der Waals surface area contributed by atoms with Gasteiger partial charge in [0, 0.05) is 38.3 Å². The number of nitrogens with zero attached hydrogens (tertiary/aromatic N) is 2. The molecule has 0 unspecified atom stereocenters. The highest BCUT2D eigenvalue weighted by atomic mass is 16.5. The predicted molar refractivity (Wildman–Crippen MR) is 98.1 cm³/mol. The molecule has 0 bridgehead atoms. The molecule has 1 aliphatic heterocycles. The van der Waals surface area contributed by atoms with Crippen molar-refractivity contribution in [1.29, 1.82) is 0 Å². The molecule has 0 radical (unpaired) electrons. The summed E-state index contributed by atoms with van der Waals surface area (Å²) in [6, 6.07) is 0.800. The second-order valence-corrected chi connectivity index (χ2v) is 6.76. The van der Waals surface area contributed by atoms with Gasteiger partial charge in [0.05, 0.1) is 0 Å². The molecule has 2 fully saturated rings. The van der Waals surface area contributed by atoms with E-state index in [1.807, 2.05) is 0 Å². The van der Waals surface area contributed by atoms with Gasteiger partial charge in [-0.2, -0.15) is 0 Å². The monoisotopic (exact) mass is 333 g/mol. The molecule has 134 valence electrons. The molecule has 0 aromatic carbocycles. The maximum atomic E-state index is 12.0. The fourth-order valence-corrected chi connectivity index (χ4v) is 3.50. The molecule has 0 aromatic heterocycles. The van der Waals surface area contributed by atoms with Crippen LogP contribution in [0.1, 0.15) is 25.7 Å². The van der Waals surface area contributed by atoms with Crippen molar-refractivity contribution in [3.63, 3.8) is 0 Å². The van der Waals surface area contributed by atoms with Crippen LogP contribution in [0.15, 0.2) is 37.0 Å². The van der Waals surface area contributed by atoms with Crippen molar-refractivity contribution < 1.29 is 9.53 Å². The van der Waals surface area contributed by atoms with Gasteiger partial charge in [-0.25, -0.2) is 4.79 Å². The Hall–Kier alpha value is -1.59. The molecular formula is C19H31N3O2. The Morgan fingerprint density at radius 3 is 2.67 bits per heavy atom. The van der Waals surface area contributed by atoms with Crippen molar-refractivity contribution in [3.05, 3.63) is 37.0 Å². The number of allylic oxidation sites excluding steroid dienone is 2. The summed E-state index contributed by atoms with van der Waals surface area (Å²) < 4.78 is 5.29. The Morgan fingerprint density at radius 2 is 2.00 bits per heavy atom. The zero-order chi connectivity index (χ0) is 17.4. The van der Waals surface area contributed by atoms with Crippen LogP contribution in [0.3, 0.4) is 0 Å². The molecule has 0 aromatic rings. The smallest absolute Gasteiger partial charge is 0.407 e. The van der Waals surface area contributed by atoms with Gasteiger partial charge < -0.3 is 15.0 Å². The molecule has 5 nitrogen and oxygen atoms in total. The molecule has 24 heavy (non-hydrogen) atoms. The van der Waals surface area contributed by atoms with Crippen molar-refractivity contribution in [3.8, 4) is 0 Å². The lowest BCUT2D eigenvalue weighted by Gasteiger charge is -2.41. The van der Waals surface area contributed by atoms with Crippen molar-refractivity contribution in [2.75, 3.05) is 39.8 Å². The molecule has 2 atom stereocenters. The zero-order valence-corrected chi connectivity index (χ0v) is 14.9. The minimum absolute atomic E-state index is 0.214. The lowest BCUT2D eigenvalue weighted by molar-refractivity contribution is 0.0807. The molecule has 1 saturated carbocycles. The highest BCUT2D eigenvalue weighted by Gasteiger charge is 2.29. The fourth-order valence-electron chi connectivity index (χ4n) is 3.50. The molecule has 1 N–H and O–H groups in total. The van der Waals surface area contributed by atoms with Gasteiger partial charge in [-0.3, -0.25) is 4.90 Å². The number of piperazine rings is 1. The molecule has 1 saturated heterocycles. The van der Waals surface area contributed by atoms with E-state index in [0.717, 1.165) is 51.0 Å². The van der Waals surface area contributed by atoms with Crippen LogP contribution < -0.4 is 5.32 Å². The van der Waals surface area contributed by atoms with Gasteiger partial charge in [-0.05, 0) is 38.3 Å². The number of amides is 1.